The Morgan fingerprint density at radius 2 is 0.857 bits per heavy atom. The predicted molar refractivity (Wildman–Crippen MR) is 231 cm³/mol. The first-order chi connectivity index (χ1) is 27.6. The van der Waals surface area contributed by atoms with Crippen LogP contribution in [-0.4, -0.2) is 14.2 Å². The van der Waals surface area contributed by atoms with E-state index in [9.17, 15) is 5.26 Å². The zero-order valence-corrected chi connectivity index (χ0v) is 31.1. The van der Waals surface area contributed by atoms with Crippen LogP contribution < -0.4 is 19.3 Å². The Bertz CT molecular complexity index is 2350. The molecule has 0 aliphatic rings. The monoisotopic (exact) mass is 726 g/mol. The molecule has 7 rings (SSSR count). The molecule has 7 aromatic rings. The number of methoxy groups -OCH3 is 2. The lowest BCUT2D eigenvalue weighted by molar-refractivity contribution is 0.414. The van der Waals surface area contributed by atoms with Crippen molar-refractivity contribution < 1.29 is 9.47 Å². The fraction of sp³-hybridized carbons (Fsp3) is 0.0400. The van der Waals surface area contributed by atoms with Crippen LogP contribution in [-0.2, 0) is 0 Å². The Labute approximate surface area is 328 Å². The number of para-hydroxylation sites is 2. The van der Waals surface area contributed by atoms with E-state index in [2.05, 4.69) is 69.2 Å². The Kier molecular flexibility index (Phi) is 11.3. The van der Waals surface area contributed by atoms with Gasteiger partial charge in [-0.2, -0.15) is 5.26 Å². The highest BCUT2D eigenvalue weighted by Crippen LogP contribution is 2.37. The molecule has 7 aromatic carbocycles. The molecule has 0 unspecified atom stereocenters. The molecule has 0 amide bonds. The Hall–Kier alpha value is -7.80. The van der Waals surface area contributed by atoms with Crippen LogP contribution in [0.1, 0.15) is 27.8 Å². The molecule has 0 aromatic heterocycles. The van der Waals surface area contributed by atoms with Gasteiger partial charge in [0.05, 0.1) is 32.4 Å². The summed E-state index contributed by atoms with van der Waals surface area (Å²) in [5, 5.41) is 10.1. The van der Waals surface area contributed by atoms with Crippen molar-refractivity contribution in [2.24, 2.45) is 0 Å². The van der Waals surface area contributed by atoms with Gasteiger partial charge in [0.25, 0.3) is 0 Å². The van der Waals surface area contributed by atoms with Gasteiger partial charge in [-0.05, 0) is 131 Å². The smallest absolute Gasteiger partial charge is 0.194 e. The summed E-state index contributed by atoms with van der Waals surface area (Å²) < 4.78 is 10.8. The van der Waals surface area contributed by atoms with Crippen LogP contribution in [0.3, 0.4) is 0 Å². The van der Waals surface area contributed by atoms with Crippen LogP contribution in [0.15, 0.2) is 170 Å². The Morgan fingerprint density at radius 1 is 0.482 bits per heavy atom. The van der Waals surface area contributed by atoms with Gasteiger partial charge < -0.3 is 19.3 Å². The first kappa shape index (κ1) is 36.6. The van der Waals surface area contributed by atoms with Crippen molar-refractivity contribution in [2.45, 2.75) is 0 Å². The minimum absolute atomic E-state index is 0.472. The van der Waals surface area contributed by atoms with E-state index in [-0.39, 0.29) is 0 Å². The molecule has 0 radical (unpaired) electrons. The maximum atomic E-state index is 10.1. The highest BCUT2D eigenvalue weighted by molar-refractivity contribution is 5.84. The van der Waals surface area contributed by atoms with E-state index in [1.165, 1.54) is 0 Å². The Morgan fingerprint density at radius 3 is 1.23 bits per heavy atom. The first-order valence-electron chi connectivity index (χ1n) is 18.1. The van der Waals surface area contributed by atoms with Crippen LogP contribution in [0.25, 0.3) is 29.1 Å². The summed E-state index contributed by atoms with van der Waals surface area (Å²) in [6.45, 7) is 7.94. The van der Waals surface area contributed by atoms with Crippen LogP contribution in [0.2, 0.25) is 0 Å². The maximum absolute atomic E-state index is 10.1. The second kappa shape index (κ2) is 17.4. The van der Waals surface area contributed by atoms with Gasteiger partial charge >= 0.3 is 0 Å². The second-order valence-corrected chi connectivity index (χ2v) is 12.8. The van der Waals surface area contributed by atoms with Crippen molar-refractivity contribution in [1.29, 1.82) is 5.26 Å². The molecule has 0 spiro atoms. The largest absolute Gasteiger partial charge is 0.497 e. The third kappa shape index (κ3) is 8.37. The average Bonchev–Trinajstić information content (AvgIpc) is 3.27. The molecule has 0 heterocycles. The highest BCUT2D eigenvalue weighted by atomic mass is 16.5. The van der Waals surface area contributed by atoms with Crippen molar-refractivity contribution in [1.82, 2.24) is 0 Å². The van der Waals surface area contributed by atoms with Gasteiger partial charge in [0.1, 0.15) is 11.5 Å². The molecule has 6 nitrogen and oxygen atoms in total. The van der Waals surface area contributed by atoms with E-state index in [1.807, 2.05) is 133 Å². The molecule has 6 heteroatoms. The molecule has 0 N–H and O–H groups in total. The standard InChI is InChI=1S/C50H38N4O2/c1-52-50-35-39(20-14-37-16-22-44(23-17-37)53(42-10-6-4-7-11-42)46-26-30-48(55-2)31-27-46)41(36-51)34-40(50)21-15-38-18-24-45(25-19-38)54(43-12-8-5-9-13-43)47-28-32-49(56-3)33-29-47/h4-35H,2-3H3/b20-14+,21-15+. The number of hydrogen-bond donors (Lipinski definition) is 0. The van der Waals surface area contributed by atoms with E-state index in [4.69, 9.17) is 16.0 Å². The Balaban J connectivity index is 1.10. The first-order valence-corrected chi connectivity index (χ1v) is 18.1. The minimum atomic E-state index is 0.472. The molecule has 0 atom stereocenters. The summed E-state index contributed by atoms with van der Waals surface area (Å²) in [6, 6.07) is 58.8. The lowest BCUT2D eigenvalue weighted by Crippen LogP contribution is -2.09. The van der Waals surface area contributed by atoms with E-state index in [0.717, 1.165) is 56.8 Å². The molecular formula is C50H38N4O2. The summed E-state index contributed by atoms with van der Waals surface area (Å²) in [7, 11) is 3.33. The van der Waals surface area contributed by atoms with E-state index < -0.39 is 0 Å². The number of ether oxygens (including phenoxy) is 2. The summed E-state index contributed by atoms with van der Waals surface area (Å²) in [5.74, 6) is 1.60. The molecule has 0 fully saturated rings. The zero-order chi connectivity index (χ0) is 38.7. The number of nitriles is 1. The number of anilines is 6. The van der Waals surface area contributed by atoms with Gasteiger partial charge in [-0.3, -0.25) is 0 Å². The van der Waals surface area contributed by atoms with Gasteiger partial charge in [-0.15, -0.1) is 0 Å². The fourth-order valence-electron chi connectivity index (χ4n) is 6.44. The quantitative estimate of drug-likeness (QED) is 0.0927. The average molecular weight is 727 g/mol. The molecule has 56 heavy (non-hydrogen) atoms. The van der Waals surface area contributed by atoms with Crippen LogP contribution in [0, 0.1) is 17.9 Å². The van der Waals surface area contributed by atoms with Gasteiger partial charge in [-0.25, -0.2) is 4.85 Å². The number of nitrogens with zero attached hydrogens (tertiary/aromatic N) is 4. The van der Waals surface area contributed by atoms with Gasteiger partial charge in [0.15, 0.2) is 5.69 Å². The van der Waals surface area contributed by atoms with Crippen molar-refractivity contribution >= 4 is 64.1 Å². The molecular weight excluding hydrogens is 689 g/mol. The molecule has 0 bridgehead atoms. The van der Waals surface area contributed by atoms with Gasteiger partial charge in [0.2, 0.25) is 0 Å². The van der Waals surface area contributed by atoms with Crippen molar-refractivity contribution in [2.75, 3.05) is 24.0 Å². The van der Waals surface area contributed by atoms with Crippen LogP contribution >= 0.6 is 0 Å². The summed E-state index contributed by atoms with van der Waals surface area (Å²) >= 11 is 0. The van der Waals surface area contributed by atoms with E-state index >= 15 is 0 Å². The van der Waals surface area contributed by atoms with Crippen LogP contribution in [0.5, 0.6) is 11.5 Å². The minimum Gasteiger partial charge on any atom is -0.497 e. The predicted octanol–water partition coefficient (Wildman–Crippen LogP) is 13.4. The lowest BCUT2D eigenvalue weighted by atomic mass is 10.0. The molecule has 0 saturated carbocycles. The fourth-order valence-corrected chi connectivity index (χ4v) is 6.44. The highest BCUT2D eigenvalue weighted by Gasteiger charge is 2.14. The topological polar surface area (TPSA) is 53.1 Å². The van der Waals surface area contributed by atoms with Crippen LogP contribution in [0.4, 0.5) is 39.8 Å². The maximum Gasteiger partial charge on any atom is 0.194 e. The van der Waals surface area contributed by atoms with Gasteiger partial charge in [-0.1, -0.05) is 85.0 Å². The SMILES string of the molecule is [C-]#[N+]c1cc(/C=C/c2ccc(N(c3ccccc3)c3ccc(OC)cc3)cc2)c(C#N)cc1/C=C/c1ccc(N(c2ccccc2)c2ccc(OC)cc2)cc1. The summed E-state index contributed by atoms with van der Waals surface area (Å²) in [6.07, 6.45) is 7.73. The third-order valence-corrected chi connectivity index (χ3v) is 9.34. The zero-order valence-electron chi connectivity index (χ0n) is 31.1. The van der Waals surface area contributed by atoms with Crippen molar-refractivity contribution in [3.05, 3.63) is 209 Å². The summed E-state index contributed by atoms with van der Waals surface area (Å²) in [4.78, 5) is 8.19. The molecule has 0 aliphatic carbocycles. The van der Waals surface area contributed by atoms with E-state index in [1.54, 1.807) is 26.4 Å². The summed E-state index contributed by atoms with van der Waals surface area (Å²) in [5.41, 5.74) is 10.4. The molecule has 0 aliphatic heterocycles. The van der Waals surface area contributed by atoms with Gasteiger partial charge in [0, 0.05) is 34.1 Å². The normalized spacial score (nSPS) is 10.9. The molecule has 270 valence electrons. The number of benzene rings is 7. The lowest BCUT2D eigenvalue weighted by Gasteiger charge is -2.25. The number of rotatable bonds is 12. The second-order valence-electron chi connectivity index (χ2n) is 12.8. The molecule has 0 saturated heterocycles. The van der Waals surface area contributed by atoms with E-state index in [0.29, 0.717) is 22.4 Å². The van der Waals surface area contributed by atoms with Crippen molar-refractivity contribution in [3.63, 3.8) is 0 Å². The third-order valence-electron chi connectivity index (χ3n) is 9.34. The van der Waals surface area contributed by atoms with Crippen molar-refractivity contribution in [3.8, 4) is 17.6 Å². The number of hydrogen-bond acceptors (Lipinski definition) is 5.